The van der Waals surface area contributed by atoms with Crippen LogP contribution >= 0.6 is 0 Å². The average Bonchev–Trinajstić information content (AvgIpc) is 2.47. The summed E-state index contributed by atoms with van der Waals surface area (Å²) in [7, 11) is 0. The zero-order valence-corrected chi connectivity index (χ0v) is 14.5. The number of carbonyl (C=O) groups excluding carboxylic acids is 1. The zero-order valence-electron chi connectivity index (χ0n) is 14.5. The Balaban J connectivity index is 1.92. The molecule has 1 aromatic rings. The predicted octanol–water partition coefficient (Wildman–Crippen LogP) is 3.51. The molecule has 3 nitrogen and oxygen atoms in total. The van der Waals surface area contributed by atoms with Crippen LogP contribution < -0.4 is 5.32 Å². The standard InChI is InChI=1S/C19H30N2O/c1-15-8-9-16(14-17(15)19(2,3)4)18(22)20-10-13-21-11-6-5-7-12-21/h8-9,14H,5-7,10-13H2,1-4H3,(H,20,22). The molecule has 0 unspecified atom stereocenters. The van der Waals surface area contributed by atoms with E-state index in [0.717, 1.165) is 18.7 Å². The first-order valence-corrected chi connectivity index (χ1v) is 8.49. The first kappa shape index (κ1) is 17.0. The summed E-state index contributed by atoms with van der Waals surface area (Å²) in [6.07, 6.45) is 3.93. The van der Waals surface area contributed by atoms with Gasteiger partial charge in [0.25, 0.3) is 5.91 Å². The molecule has 1 aliphatic heterocycles. The number of piperidine rings is 1. The van der Waals surface area contributed by atoms with E-state index in [1.165, 1.54) is 43.5 Å². The van der Waals surface area contributed by atoms with Gasteiger partial charge >= 0.3 is 0 Å². The molecule has 0 saturated carbocycles. The van der Waals surface area contributed by atoms with Crippen molar-refractivity contribution in [2.45, 2.75) is 52.4 Å². The number of benzene rings is 1. The van der Waals surface area contributed by atoms with Crippen LogP contribution in [0.1, 0.15) is 61.5 Å². The van der Waals surface area contributed by atoms with Crippen LogP contribution in [0.3, 0.4) is 0 Å². The van der Waals surface area contributed by atoms with Gasteiger partial charge in [0, 0.05) is 18.7 Å². The molecule has 1 amide bonds. The molecule has 0 atom stereocenters. The second kappa shape index (κ2) is 7.28. The molecular weight excluding hydrogens is 272 g/mol. The van der Waals surface area contributed by atoms with Gasteiger partial charge in [-0.25, -0.2) is 0 Å². The van der Waals surface area contributed by atoms with Crippen molar-refractivity contribution in [3.63, 3.8) is 0 Å². The first-order chi connectivity index (χ1) is 10.4. The van der Waals surface area contributed by atoms with Gasteiger partial charge in [-0.15, -0.1) is 0 Å². The van der Waals surface area contributed by atoms with Gasteiger partial charge in [-0.2, -0.15) is 0 Å². The number of hydrogen-bond donors (Lipinski definition) is 1. The Morgan fingerprint density at radius 1 is 1.18 bits per heavy atom. The van der Waals surface area contributed by atoms with Crippen LogP contribution in [-0.4, -0.2) is 37.0 Å². The maximum atomic E-state index is 12.3. The number of aryl methyl sites for hydroxylation is 1. The van der Waals surface area contributed by atoms with Gasteiger partial charge in [0.1, 0.15) is 0 Å². The van der Waals surface area contributed by atoms with Gasteiger partial charge in [-0.05, 0) is 61.5 Å². The summed E-state index contributed by atoms with van der Waals surface area (Å²) < 4.78 is 0. The van der Waals surface area contributed by atoms with Crippen molar-refractivity contribution in [3.05, 3.63) is 34.9 Å². The molecule has 0 bridgehead atoms. The van der Waals surface area contributed by atoms with E-state index in [1.807, 2.05) is 12.1 Å². The fourth-order valence-corrected chi connectivity index (χ4v) is 3.18. The number of hydrogen-bond acceptors (Lipinski definition) is 2. The molecule has 1 N–H and O–H groups in total. The van der Waals surface area contributed by atoms with Gasteiger partial charge in [0.15, 0.2) is 0 Å². The quantitative estimate of drug-likeness (QED) is 0.923. The van der Waals surface area contributed by atoms with Gasteiger partial charge in [-0.3, -0.25) is 4.79 Å². The zero-order chi connectivity index (χ0) is 16.2. The van der Waals surface area contributed by atoms with Crippen LogP contribution in [0.15, 0.2) is 18.2 Å². The van der Waals surface area contributed by atoms with E-state index in [9.17, 15) is 4.79 Å². The molecule has 0 aromatic heterocycles. The second-order valence-electron chi connectivity index (χ2n) is 7.44. The highest BCUT2D eigenvalue weighted by Crippen LogP contribution is 2.26. The minimum Gasteiger partial charge on any atom is -0.351 e. The molecule has 0 aliphatic carbocycles. The number of nitrogens with zero attached hydrogens (tertiary/aromatic N) is 1. The van der Waals surface area contributed by atoms with Crippen LogP contribution in [0.5, 0.6) is 0 Å². The molecule has 1 fully saturated rings. The van der Waals surface area contributed by atoms with Gasteiger partial charge < -0.3 is 10.2 Å². The van der Waals surface area contributed by atoms with Gasteiger partial charge in [-0.1, -0.05) is 33.3 Å². The largest absolute Gasteiger partial charge is 0.351 e. The van der Waals surface area contributed by atoms with Gasteiger partial charge in [0.2, 0.25) is 0 Å². The predicted molar refractivity (Wildman–Crippen MR) is 92.5 cm³/mol. The normalized spacial score (nSPS) is 16.5. The van der Waals surface area contributed by atoms with E-state index in [2.05, 4.69) is 44.0 Å². The Morgan fingerprint density at radius 3 is 2.50 bits per heavy atom. The molecule has 0 radical (unpaired) electrons. The number of amides is 1. The topological polar surface area (TPSA) is 32.3 Å². The SMILES string of the molecule is Cc1ccc(C(=O)NCCN2CCCCC2)cc1C(C)(C)C. The molecule has 122 valence electrons. The van der Waals surface area contributed by atoms with Crippen LogP contribution in [0.4, 0.5) is 0 Å². The van der Waals surface area contributed by atoms with Crippen LogP contribution in [-0.2, 0) is 5.41 Å². The Morgan fingerprint density at radius 2 is 1.86 bits per heavy atom. The van der Waals surface area contributed by atoms with E-state index in [4.69, 9.17) is 0 Å². The Hall–Kier alpha value is -1.35. The fraction of sp³-hybridized carbons (Fsp3) is 0.632. The van der Waals surface area contributed by atoms with Crippen molar-refractivity contribution in [3.8, 4) is 0 Å². The van der Waals surface area contributed by atoms with E-state index >= 15 is 0 Å². The lowest BCUT2D eigenvalue weighted by molar-refractivity contribution is 0.0946. The summed E-state index contributed by atoms with van der Waals surface area (Å²) in [4.78, 5) is 14.8. The maximum absolute atomic E-state index is 12.3. The molecule has 1 aliphatic rings. The highest BCUT2D eigenvalue weighted by Gasteiger charge is 2.18. The highest BCUT2D eigenvalue weighted by atomic mass is 16.1. The van der Waals surface area contributed by atoms with Crippen LogP contribution in [0.2, 0.25) is 0 Å². The second-order valence-corrected chi connectivity index (χ2v) is 7.44. The lowest BCUT2D eigenvalue weighted by Gasteiger charge is -2.26. The third-order valence-corrected chi connectivity index (χ3v) is 4.47. The molecule has 22 heavy (non-hydrogen) atoms. The maximum Gasteiger partial charge on any atom is 0.251 e. The van der Waals surface area contributed by atoms with Crippen LogP contribution in [0, 0.1) is 6.92 Å². The van der Waals surface area contributed by atoms with E-state index in [-0.39, 0.29) is 11.3 Å². The molecule has 2 rings (SSSR count). The fourth-order valence-electron chi connectivity index (χ4n) is 3.18. The third kappa shape index (κ3) is 4.57. The molecule has 1 saturated heterocycles. The summed E-state index contributed by atoms with van der Waals surface area (Å²) >= 11 is 0. The number of likely N-dealkylation sites (tertiary alicyclic amines) is 1. The number of rotatable bonds is 4. The van der Waals surface area contributed by atoms with Crippen molar-refractivity contribution >= 4 is 5.91 Å². The van der Waals surface area contributed by atoms with Gasteiger partial charge in [0.05, 0.1) is 0 Å². The van der Waals surface area contributed by atoms with Crippen molar-refractivity contribution in [2.75, 3.05) is 26.2 Å². The Labute approximate surface area is 135 Å². The Kier molecular flexibility index (Phi) is 5.63. The smallest absolute Gasteiger partial charge is 0.251 e. The summed E-state index contributed by atoms with van der Waals surface area (Å²) in [5.74, 6) is 0.0440. The van der Waals surface area contributed by atoms with Crippen molar-refractivity contribution < 1.29 is 4.79 Å². The van der Waals surface area contributed by atoms with Crippen LogP contribution in [0.25, 0.3) is 0 Å². The Bertz CT molecular complexity index is 511. The average molecular weight is 302 g/mol. The first-order valence-electron chi connectivity index (χ1n) is 8.49. The molecule has 3 heteroatoms. The van der Waals surface area contributed by atoms with Crippen molar-refractivity contribution in [2.24, 2.45) is 0 Å². The highest BCUT2D eigenvalue weighted by molar-refractivity contribution is 5.94. The molecule has 1 aromatic carbocycles. The minimum absolute atomic E-state index is 0.0440. The van der Waals surface area contributed by atoms with E-state index in [0.29, 0.717) is 0 Å². The number of carbonyl (C=O) groups is 1. The third-order valence-electron chi connectivity index (χ3n) is 4.47. The molecule has 1 heterocycles. The summed E-state index contributed by atoms with van der Waals surface area (Å²) in [6.45, 7) is 12.7. The molecular formula is C19H30N2O. The lowest BCUT2D eigenvalue weighted by atomic mass is 9.83. The minimum atomic E-state index is 0.0440. The summed E-state index contributed by atoms with van der Waals surface area (Å²) in [5, 5.41) is 3.06. The van der Waals surface area contributed by atoms with E-state index in [1.54, 1.807) is 0 Å². The van der Waals surface area contributed by atoms with E-state index < -0.39 is 0 Å². The summed E-state index contributed by atoms with van der Waals surface area (Å²) in [5.41, 5.74) is 3.33. The lowest BCUT2D eigenvalue weighted by Crippen LogP contribution is -2.37. The molecule has 0 spiro atoms. The monoisotopic (exact) mass is 302 g/mol. The number of nitrogens with one attached hydrogen (secondary N) is 1. The van der Waals surface area contributed by atoms with Crippen molar-refractivity contribution in [1.29, 1.82) is 0 Å². The summed E-state index contributed by atoms with van der Waals surface area (Å²) in [6, 6.07) is 6.03. The van der Waals surface area contributed by atoms with Crippen molar-refractivity contribution in [1.82, 2.24) is 10.2 Å².